The first kappa shape index (κ1) is 18.0. The van der Waals surface area contributed by atoms with Gasteiger partial charge in [-0.1, -0.05) is 50.5 Å². The molecule has 0 N–H and O–H groups in total. The van der Waals surface area contributed by atoms with Crippen LogP contribution >= 0.6 is 0 Å². The smallest absolute Gasteiger partial charge is 0.266 e. The molecule has 0 bridgehead atoms. The van der Waals surface area contributed by atoms with Crippen molar-refractivity contribution >= 4 is 23.8 Å². The van der Waals surface area contributed by atoms with Crippen molar-refractivity contribution in [3.05, 3.63) is 59.8 Å². The lowest BCUT2D eigenvalue weighted by Crippen LogP contribution is -2.45. The highest BCUT2D eigenvalue weighted by Crippen LogP contribution is 2.30. The lowest BCUT2D eigenvalue weighted by Gasteiger charge is -2.30. The Balaban J connectivity index is 1.88. The third-order valence-electron chi connectivity index (χ3n) is 4.49. The molecule has 0 saturated heterocycles. The molecular weight excluding hydrogens is 326 g/mol. The SMILES string of the molecule is CCCCCCN=CC1C(=O)N(c2ccccn2)C(=O)c2ccccc21. The topological polar surface area (TPSA) is 62.6 Å². The average Bonchev–Trinajstić information content (AvgIpc) is 2.68. The number of hydrogen-bond acceptors (Lipinski definition) is 4. The van der Waals surface area contributed by atoms with Gasteiger partial charge in [0.05, 0.1) is 5.92 Å². The molecule has 1 unspecified atom stereocenters. The standard InChI is InChI=1S/C21H23N3O2/c1-2-3-4-8-13-22-15-18-16-10-5-6-11-17(16)20(25)24(21(18)26)19-12-7-9-14-23-19/h5-7,9-12,14-15,18H,2-4,8,13H2,1H3. The summed E-state index contributed by atoms with van der Waals surface area (Å²) in [6, 6.07) is 12.4. The molecular formula is C21H23N3O2. The molecule has 2 aromatic rings. The Labute approximate surface area is 153 Å². The summed E-state index contributed by atoms with van der Waals surface area (Å²) in [6.07, 6.45) is 7.79. The Morgan fingerprint density at radius 3 is 2.65 bits per heavy atom. The first-order chi connectivity index (χ1) is 12.7. The van der Waals surface area contributed by atoms with Gasteiger partial charge in [-0.05, 0) is 30.2 Å². The molecule has 0 saturated carbocycles. The normalized spacial score (nSPS) is 17.0. The summed E-state index contributed by atoms with van der Waals surface area (Å²) in [5.74, 6) is -0.850. The van der Waals surface area contributed by atoms with Crippen LogP contribution in [0.4, 0.5) is 5.82 Å². The molecule has 134 valence electrons. The minimum atomic E-state index is -0.558. The molecule has 0 fully saturated rings. The number of anilines is 1. The lowest BCUT2D eigenvalue weighted by molar-refractivity contribution is -0.118. The predicted molar refractivity (Wildman–Crippen MR) is 103 cm³/mol. The zero-order chi connectivity index (χ0) is 18.4. The molecule has 3 rings (SSSR count). The van der Waals surface area contributed by atoms with Crippen LogP contribution in [0.3, 0.4) is 0 Å². The van der Waals surface area contributed by atoms with E-state index >= 15 is 0 Å². The Morgan fingerprint density at radius 2 is 1.88 bits per heavy atom. The first-order valence-corrected chi connectivity index (χ1v) is 9.12. The van der Waals surface area contributed by atoms with Crippen molar-refractivity contribution in [3.63, 3.8) is 0 Å². The highest BCUT2D eigenvalue weighted by molar-refractivity contribution is 6.28. The van der Waals surface area contributed by atoms with Gasteiger partial charge in [-0.15, -0.1) is 0 Å². The fourth-order valence-corrected chi connectivity index (χ4v) is 3.11. The second-order valence-corrected chi connectivity index (χ2v) is 6.35. The van der Waals surface area contributed by atoms with Gasteiger partial charge in [-0.25, -0.2) is 9.88 Å². The van der Waals surface area contributed by atoms with Crippen LogP contribution in [0.25, 0.3) is 0 Å². The maximum Gasteiger partial charge on any atom is 0.266 e. The van der Waals surface area contributed by atoms with Crippen LogP contribution in [0.15, 0.2) is 53.7 Å². The molecule has 1 atom stereocenters. The number of hydrogen-bond donors (Lipinski definition) is 0. The van der Waals surface area contributed by atoms with Crippen molar-refractivity contribution in [2.75, 3.05) is 11.4 Å². The van der Waals surface area contributed by atoms with E-state index in [0.29, 0.717) is 23.5 Å². The minimum absolute atomic E-state index is 0.301. The van der Waals surface area contributed by atoms with E-state index in [4.69, 9.17) is 0 Å². The second kappa shape index (κ2) is 8.52. The number of imide groups is 1. The number of aromatic nitrogens is 1. The molecule has 0 aliphatic carbocycles. The summed E-state index contributed by atoms with van der Waals surface area (Å²) in [5, 5.41) is 0. The molecule has 1 aromatic carbocycles. The van der Waals surface area contributed by atoms with Gasteiger partial charge in [-0.3, -0.25) is 14.6 Å². The van der Waals surface area contributed by atoms with Crippen molar-refractivity contribution in [2.45, 2.75) is 38.5 Å². The van der Waals surface area contributed by atoms with Gasteiger partial charge in [0.25, 0.3) is 5.91 Å². The number of nitrogens with zero attached hydrogens (tertiary/aromatic N) is 3. The average molecular weight is 349 g/mol. The maximum atomic E-state index is 13.0. The molecule has 5 heteroatoms. The number of unbranched alkanes of at least 4 members (excludes halogenated alkanes) is 3. The maximum absolute atomic E-state index is 13.0. The fraction of sp³-hybridized carbons (Fsp3) is 0.333. The third kappa shape index (κ3) is 3.72. The van der Waals surface area contributed by atoms with E-state index in [1.54, 1.807) is 36.7 Å². The van der Waals surface area contributed by atoms with Crippen LogP contribution < -0.4 is 4.90 Å². The number of fused-ring (bicyclic) bond motifs is 1. The molecule has 0 radical (unpaired) electrons. The lowest BCUT2D eigenvalue weighted by atomic mass is 9.89. The number of amides is 2. The number of aliphatic imine (C=N–C) groups is 1. The number of rotatable bonds is 7. The van der Waals surface area contributed by atoms with Crippen LogP contribution in [0.5, 0.6) is 0 Å². The van der Waals surface area contributed by atoms with Gasteiger partial charge < -0.3 is 0 Å². The van der Waals surface area contributed by atoms with Gasteiger partial charge in [0.2, 0.25) is 5.91 Å². The van der Waals surface area contributed by atoms with Gasteiger partial charge >= 0.3 is 0 Å². The van der Waals surface area contributed by atoms with E-state index in [1.165, 1.54) is 12.8 Å². The van der Waals surface area contributed by atoms with Crippen LogP contribution in [0.2, 0.25) is 0 Å². The molecule has 1 aliphatic heterocycles. The number of pyridine rings is 1. The van der Waals surface area contributed by atoms with Gasteiger partial charge in [-0.2, -0.15) is 0 Å². The summed E-state index contributed by atoms with van der Waals surface area (Å²) in [6.45, 7) is 2.87. The van der Waals surface area contributed by atoms with Crippen molar-refractivity contribution in [2.24, 2.45) is 4.99 Å². The third-order valence-corrected chi connectivity index (χ3v) is 4.49. The van der Waals surface area contributed by atoms with Crippen molar-refractivity contribution < 1.29 is 9.59 Å². The van der Waals surface area contributed by atoms with Gasteiger partial charge in [0.15, 0.2) is 0 Å². The largest absolute Gasteiger partial charge is 0.296 e. The van der Waals surface area contributed by atoms with Crippen LogP contribution in [-0.2, 0) is 4.79 Å². The summed E-state index contributed by atoms with van der Waals surface area (Å²) < 4.78 is 0. The molecule has 2 amide bonds. The van der Waals surface area contributed by atoms with Crippen molar-refractivity contribution in [3.8, 4) is 0 Å². The highest BCUT2D eigenvalue weighted by Gasteiger charge is 2.39. The van der Waals surface area contributed by atoms with Crippen molar-refractivity contribution in [1.29, 1.82) is 0 Å². The van der Waals surface area contributed by atoms with Crippen LogP contribution in [0, 0.1) is 0 Å². The molecule has 26 heavy (non-hydrogen) atoms. The fourth-order valence-electron chi connectivity index (χ4n) is 3.11. The summed E-state index contributed by atoms with van der Waals surface area (Å²) in [5.41, 5.74) is 1.24. The zero-order valence-corrected chi connectivity index (χ0v) is 15.0. The highest BCUT2D eigenvalue weighted by atomic mass is 16.2. The Bertz CT molecular complexity index is 802. The Hall–Kier alpha value is -2.82. The summed E-state index contributed by atoms with van der Waals surface area (Å²) in [7, 11) is 0. The van der Waals surface area contributed by atoms with E-state index in [0.717, 1.165) is 17.7 Å². The van der Waals surface area contributed by atoms with E-state index in [-0.39, 0.29) is 11.8 Å². The van der Waals surface area contributed by atoms with E-state index in [1.807, 2.05) is 18.2 Å². The first-order valence-electron chi connectivity index (χ1n) is 9.12. The Morgan fingerprint density at radius 1 is 1.08 bits per heavy atom. The van der Waals surface area contributed by atoms with E-state index in [9.17, 15) is 9.59 Å². The quantitative estimate of drug-likeness (QED) is 0.431. The minimum Gasteiger partial charge on any atom is -0.296 e. The summed E-state index contributed by atoms with van der Waals surface area (Å²) in [4.78, 5) is 35.7. The molecule has 2 heterocycles. The summed E-state index contributed by atoms with van der Waals surface area (Å²) >= 11 is 0. The predicted octanol–water partition coefficient (Wildman–Crippen LogP) is 4.00. The van der Waals surface area contributed by atoms with Crippen molar-refractivity contribution in [1.82, 2.24) is 4.98 Å². The number of carbonyl (C=O) groups is 2. The second-order valence-electron chi connectivity index (χ2n) is 6.35. The van der Waals surface area contributed by atoms with Gasteiger partial charge in [0, 0.05) is 24.5 Å². The Kier molecular flexibility index (Phi) is 5.89. The molecule has 0 spiro atoms. The zero-order valence-electron chi connectivity index (χ0n) is 15.0. The van der Waals surface area contributed by atoms with Crippen LogP contribution in [0.1, 0.15) is 54.4 Å². The van der Waals surface area contributed by atoms with Crippen LogP contribution in [-0.4, -0.2) is 29.6 Å². The number of carbonyl (C=O) groups excluding carboxylic acids is 2. The molecule has 5 nitrogen and oxygen atoms in total. The van der Waals surface area contributed by atoms with E-state index in [2.05, 4.69) is 16.9 Å². The van der Waals surface area contributed by atoms with Gasteiger partial charge in [0.1, 0.15) is 5.82 Å². The molecule has 1 aromatic heterocycles. The van der Waals surface area contributed by atoms with E-state index < -0.39 is 5.92 Å². The molecule has 1 aliphatic rings. The monoisotopic (exact) mass is 349 g/mol. The number of benzene rings is 1.